The molecule has 1 saturated carbocycles. The lowest BCUT2D eigenvalue weighted by Crippen LogP contribution is -2.37. The van der Waals surface area contributed by atoms with Crippen LogP contribution in [0, 0.1) is 5.92 Å². The predicted octanol–water partition coefficient (Wildman–Crippen LogP) is 0.999. The van der Waals surface area contributed by atoms with Gasteiger partial charge in [0.15, 0.2) is 0 Å². The Morgan fingerprint density at radius 2 is 2.19 bits per heavy atom. The molecule has 4 nitrogen and oxygen atoms in total. The minimum Gasteiger partial charge on any atom is -0.468 e. The van der Waals surface area contributed by atoms with Crippen LogP contribution in [0.2, 0.25) is 0 Å². The Hall–Kier alpha value is -0.610. The third-order valence-electron chi connectivity index (χ3n) is 3.01. The maximum Gasteiger partial charge on any atom is 0.322 e. The van der Waals surface area contributed by atoms with Gasteiger partial charge in [0.25, 0.3) is 0 Å². The van der Waals surface area contributed by atoms with Crippen LogP contribution in [-0.4, -0.2) is 43.7 Å². The fraction of sp³-hybridized carbons (Fsp3) is 0.917. The topological polar surface area (TPSA) is 55.6 Å². The Balaban J connectivity index is 2.21. The number of nitrogens with two attached hydrogens (primary N) is 1. The van der Waals surface area contributed by atoms with Crippen molar-refractivity contribution >= 4 is 5.97 Å². The molecule has 1 aliphatic carbocycles. The van der Waals surface area contributed by atoms with Gasteiger partial charge in [-0.3, -0.25) is 4.79 Å². The molecule has 0 saturated heterocycles. The second kappa shape index (κ2) is 6.86. The highest BCUT2D eigenvalue weighted by Gasteiger charge is 2.24. The predicted molar refractivity (Wildman–Crippen MR) is 64.1 cm³/mol. The summed E-state index contributed by atoms with van der Waals surface area (Å²) in [5.74, 6) is 0.587. The van der Waals surface area contributed by atoms with E-state index in [4.69, 9.17) is 5.73 Å². The van der Waals surface area contributed by atoms with Gasteiger partial charge in [-0.2, -0.15) is 0 Å². The van der Waals surface area contributed by atoms with E-state index in [2.05, 4.69) is 16.6 Å². The van der Waals surface area contributed by atoms with Crippen molar-refractivity contribution in [3.63, 3.8) is 0 Å². The van der Waals surface area contributed by atoms with Gasteiger partial charge in [0.2, 0.25) is 0 Å². The first-order valence-corrected chi connectivity index (χ1v) is 6.23. The maximum atomic E-state index is 11.2. The maximum absolute atomic E-state index is 11.2. The first-order chi connectivity index (χ1) is 7.67. The molecule has 1 rings (SSSR count). The van der Waals surface area contributed by atoms with Gasteiger partial charge in [-0.25, -0.2) is 0 Å². The molecular formula is C12H24N2O2. The van der Waals surface area contributed by atoms with Gasteiger partial charge in [0.05, 0.1) is 7.11 Å². The molecule has 1 aliphatic rings. The Morgan fingerprint density at radius 3 is 2.69 bits per heavy atom. The molecule has 0 aromatic carbocycles. The minimum absolute atomic E-state index is 0.303. The van der Waals surface area contributed by atoms with Gasteiger partial charge in [-0.05, 0) is 38.1 Å². The number of hydrogen-bond acceptors (Lipinski definition) is 4. The molecule has 1 atom stereocenters. The quantitative estimate of drug-likeness (QED) is 0.630. The van der Waals surface area contributed by atoms with Crippen molar-refractivity contribution in [1.29, 1.82) is 0 Å². The summed E-state index contributed by atoms with van der Waals surface area (Å²) in [5, 5.41) is 0. The molecule has 0 radical (unpaired) electrons. The number of esters is 1. The second-order valence-corrected chi connectivity index (χ2v) is 4.66. The van der Waals surface area contributed by atoms with E-state index >= 15 is 0 Å². The number of nitrogens with zero attached hydrogens (tertiary/aromatic N) is 1. The van der Waals surface area contributed by atoms with Gasteiger partial charge in [-0.15, -0.1) is 0 Å². The summed E-state index contributed by atoms with van der Waals surface area (Å²) in [4.78, 5) is 13.6. The second-order valence-electron chi connectivity index (χ2n) is 4.66. The monoisotopic (exact) mass is 228 g/mol. The number of carbonyl (C=O) groups is 1. The molecule has 0 aromatic rings. The van der Waals surface area contributed by atoms with E-state index in [0.29, 0.717) is 6.42 Å². The Bertz CT molecular complexity index is 217. The van der Waals surface area contributed by atoms with Crippen LogP contribution in [-0.2, 0) is 9.53 Å². The number of methoxy groups -OCH3 is 1. The molecule has 0 aliphatic heterocycles. The minimum atomic E-state index is -0.469. The van der Waals surface area contributed by atoms with Crippen molar-refractivity contribution in [2.45, 2.75) is 38.6 Å². The Morgan fingerprint density at radius 1 is 1.50 bits per heavy atom. The SMILES string of the molecule is CCCN(CCC(N)C(=O)OC)CC1CC1. The standard InChI is InChI=1S/C12H24N2O2/c1-3-7-14(9-10-4-5-10)8-6-11(13)12(15)16-2/h10-11H,3-9,13H2,1-2H3. The van der Waals surface area contributed by atoms with Crippen molar-refractivity contribution < 1.29 is 9.53 Å². The zero-order valence-corrected chi connectivity index (χ0v) is 10.4. The third kappa shape index (κ3) is 4.94. The molecule has 1 unspecified atom stereocenters. The molecule has 0 aromatic heterocycles. The van der Waals surface area contributed by atoms with E-state index < -0.39 is 6.04 Å². The van der Waals surface area contributed by atoms with Gasteiger partial charge < -0.3 is 15.4 Å². The fourth-order valence-electron chi connectivity index (χ4n) is 1.87. The van der Waals surface area contributed by atoms with Crippen molar-refractivity contribution in [1.82, 2.24) is 4.90 Å². The number of carbonyl (C=O) groups excluding carboxylic acids is 1. The number of rotatable bonds is 8. The van der Waals surface area contributed by atoms with Crippen LogP contribution >= 0.6 is 0 Å². The van der Waals surface area contributed by atoms with Crippen LogP contribution in [0.4, 0.5) is 0 Å². The van der Waals surface area contributed by atoms with Crippen molar-refractivity contribution in [3.8, 4) is 0 Å². The Labute approximate surface area is 98.1 Å². The lowest BCUT2D eigenvalue weighted by atomic mass is 10.2. The molecule has 0 spiro atoms. The van der Waals surface area contributed by atoms with Crippen molar-refractivity contribution in [2.24, 2.45) is 11.7 Å². The van der Waals surface area contributed by atoms with Crippen molar-refractivity contribution in [2.75, 3.05) is 26.7 Å². The average Bonchev–Trinajstić information content (AvgIpc) is 3.08. The summed E-state index contributed by atoms with van der Waals surface area (Å²) >= 11 is 0. The lowest BCUT2D eigenvalue weighted by molar-refractivity contribution is -0.142. The normalized spacial score (nSPS) is 17.5. The molecule has 2 N–H and O–H groups in total. The molecule has 0 amide bonds. The summed E-state index contributed by atoms with van der Waals surface area (Å²) in [6.07, 6.45) is 4.58. The number of hydrogen-bond donors (Lipinski definition) is 1. The van der Waals surface area contributed by atoms with Crippen LogP contribution in [0.5, 0.6) is 0 Å². The van der Waals surface area contributed by atoms with Gasteiger partial charge >= 0.3 is 5.97 Å². The average molecular weight is 228 g/mol. The van der Waals surface area contributed by atoms with Crippen LogP contribution in [0.15, 0.2) is 0 Å². The molecule has 1 fully saturated rings. The van der Waals surface area contributed by atoms with Gasteiger partial charge in [0, 0.05) is 13.1 Å². The smallest absolute Gasteiger partial charge is 0.322 e. The molecule has 94 valence electrons. The zero-order chi connectivity index (χ0) is 12.0. The van der Waals surface area contributed by atoms with Crippen LogP contribution < -0.4 is 5.73 Å². The fourth-order valence-corrected chi connectivity index (χ4v) is 1.87. The highest BCUT2D eigenvalue weighted by atomic mass is 16.5. The van der Waals surface area contributed by atoms with E-state index in [0.717, 1.165) is 25.4 Å². The molecule has 16 heavy (non-hydrogen) atoms. The van der Waals surface area contributed by atoms with Crippen molar-refractivity contribution in [3.05, 3.63) is 0 Å². The largest absolute Gasteiger partial charge is 0.468 e. The number of ether oxygens (including phenoxy) is 1. The van der Waals surface area contributed by atoms with Gasteiger partial charge in [-0.1, -0.05) is 6.92 Å². The summed E-state index contributed by atoms with van der Waals surface area (Å²) in [6.45, 7) is 5.35. The van der Waals surface area contributed by atoms with E-state index in [-0.39, 0.29) is 5.97 Å². The van der Waals surface area contributed by atoms with E-state index in [9.17, 15) is 4.79 Å². The molecule has 0 heterocycles. The highest BCUT2D eigenvalue weighted by Crippen LogP contribution is 2.29. The lowest BCUT2D eigenvalue weighted by Gasteiger charge is -2.22. The molecule has 4 heteroatoms. The summed E-state index contributed by atoms with van der Waals surface area (Å²) in [6, 6.07) is -0.469. The molecule has 0 bridgehead atoms. The third-order valence-corrected chi connectivity index (χ3v) is 3.01. The van der Waals surface area contributed by atoms with Gasteiger partial charge in [0.1, 0.15) is 6.04 Å². The Kier molecular flexibility index (Phi) is 5.77. The first kappa shape index (κ1) is 13.5. The summed E-state index contributed by atoms with van der Waals surface area (Å²) in [5.41, 5.74) is 5.72. The van der Waals surface area contributed by atoms with E-state index in [1.165, 1.54) is 26.5 Å². The summed E-state index contributed by atoms with van der Waals surface area (Å²) < 4.78 is 4.62. The van der Waals surface area contributed by atoms with E-state index in [1.807, 2.05) is 0 Å². The molecular weight excluding hydrogens is 204 g/mol. The van der Waals surface area contributed by atoms with Crippen LogP contribution in [0.3, 0.4) is 0 Å². The first-order valence-electron chi connectivity index (χ1n) is 6.23. The highest BCUT2D eigenvalue weighted by molar-refractivity contribution is 5.75. The van der Waals surface area contributed by atoms with Crippen LogP contribution in [0.25, 0.3) is 0 Å². The van der Waals surface area contributed by atoms with E-state index in [1.54, 1.807) is 0 Å². The zero-order valence-electron chi connectivity index (χ0n) is 10.4. The van der Waals surface area contributed by atoms with Crippen LogP contribution in [0.1, 0.15) is 32.6 Å². The summed E-state index contributed by atoms with van der Waals surface area (Å²) in [7, 11) is 1.39.